The molecule has 2 rings (SSSR count). The summed E-state index contributed by atoms with van der Waals surface area (Å²) in [7, 11) is 1.29. The zero-order valence-corrected chi connectivity index (χ0v) is 12.5. The Bertz CT molecular complexity index is 665. The van der Waals surface area contributed by atoms with Crippen LogP contribution in [0.5, 0.6) is 5.75 Å². The molecule has 0 aliphatic heterocycles. The van der Waals surface area contributed by atoms with E-state index in [0.717, 1.165) is 5.56 Å². The van der Waals surface area contributed by atoms with Crippen molar-refractivity contribution in [2.45, 2.75) is 6.92 Å². The highest BCUT2D eigenvalue weighted by atomic mass is 16.5. The lowest BCUT2D eigenvalue weighted by atomic mass is 10.2. The molecule has 2 aromatic rings. The van der Waals surface area contributed by atoms with Crippen LogP contribution in [0.15, 0.2) is 48.5 Å². The van der Waals surface area contributed by atoms with E-state index in [9.17, 15) is 9.59 Å². The van der Waals surface area contributed by atoms with Crippen LogP contribution in [0.1, 0.15) is 15.9 Å². The zero-order valence-electron chi connectivity index (χ0n) is 12.5. The minimum absolute atomic E-state index is 0.140. The van der Waals surface area contributed by atoms with Gasteiger partial charge in [0, 0.05) is 0 Å². The lowest BCUT2D eigenvalue weighted by molar-refractivity contribution is -0.118. The van der Waals surface area contributed by atoms with Gasteiger partial charge in [-0.3, -0.25) is 4.79 Å². The number of nitrogens with one attached hydrogen (secondary N) is 1. The SMILES string of the molecule is COC(=O)c1ccccc1NC(=O)COc1ccc(C)cc1. The number of anilines is 1. The predicted molar refractivity (Wildman–Crippen MR) is 83.1 cm³/mol. The molecule has 1 amide bonds. The van der Waals surface area contributed by atoms with Gasteiger partial charge >= 0.3 is 5.97 Å². The molecule has 0 heterocycles. The Morgan fingerprint density at radius 3 is 2.41 bits per heavy atom. The molecule has 22 heavy (non-hydrogen) atoms. The minimum Gasteiger partial charge on any atom is -0.484 e. The largest absolute Gasteiger partial charge is 0.484 e. The first kappa shape index (κ1) is 15.6. The second-order valence-corrected chi connectivity index (χ2v) is 4.69. The fourth-order valence-corrected chi connectivity index (χ4v) is 1.85. The van der Waals surface area contributed by atoms with Crippen LogP contribution in [0.2, 0.25) is 0 Å². The van der Waals surface area contributed by atoms with E-state index in [4.69, 9.17) is 4.74 Å². The quantitative estimate of drug-likeness (QED) is 0.862. The van der Waals surface area contributed by atoms with Crippen molar-refractivity contribution in [2.75, 3.05) is 19.0 Å². The van der Waals surface area contributed by atoms with E-state index in [2.05, 4.69) is 10.1 Å². The van der Waals surface area contributed by atoms with Crippen LogP contribution in [0.25, 0.3) is 0 Å². The molecule has 0 atom stereocenters. The van der Waals surface area contributed by atoms with Crippen LogP contribution in [0, 0.1) is 6.92 Å². The number of aryl methyl sites for hydroxylation is 1. The Balaban J connectivity index is 1.97. The smallest absolute Gasteiger partial charge is 0.339 e. The Labute approximate surface area is 128 Å². The molecule has 5 heteroatoms. The van der Waals surface area contributed by atoms with Crippen LogP contribution in [0.4, 0.5) is 5.69 Å². The average Bonchev–Trinajstić information content (AvgIpc) is 2.54. The number of carbonyl (C=O) groups is 2. The van der Waals surface area contributed by atoms with Gasteiger partial charge in [0.1, 0.15) is 5.75 Å². The van der Waals surface area contributed by atoms with Gasteiger partial charge in [0.25, 0.3) is 5.91 Å². The number of esters is 1. The molecule has 0 spiro atoms. The predicted octanol–water partition coefficient (Wildman–Crippen LogP) is 2.80. The van der Waals surface area contributed by atoms with Gasteiger partial charge < -0.3 is 14.8 Å². The normalized spacial score (nSPS) is 9.91. The van der Waals surface area contributed by atoms with Crippen LogP contribution in [0.3, 0.4) is 0 Å². The second kappa shape index (κ2) is 7.26. The maximum Gasteiger partial charge on any atom is 0.339 e. The van der Waals surface area contributed by atoms with Crippen LogP contribution >= 0.6 is 0 Å². The molecule has 0 aromatic heterocycles. The maximum absolute atomic E-state index is 11.9. The molecule has 2 aromatic carbocycles. The molecule has 0 aliphatic carbocycles. The number of ether oxygens (including phenoxy) is 2. The first-order valence-electron chi connectivity index (χ1n) is 6.77. The van der Waals surface area contributed by atoms with Crippen LogP contribution in [-0.4, -0.2) is 25.6 Å². The summed E-state index contributed by atoms with van der Waals surface area (Å²) >= 11 is 0. The van der Waals surface area contributed by atoms with Gasteiger partial charge in [0.05, 0.1) is 18.4 Å². The van der Waals surface area contributed by atoms with E-state index in [1.54, 1.807) is 36.4 Å². The fourth-order valence-electron chi connectivity index (χ4n) is 1.85. The van der Waals surface area contributed by atoms with E-state index in [0.29, 0.717) is 17.0 Å². The Morgan fingerprint density at radius 1 is 1.05 bits per heavy atom. The molecular weight excluding hydrogens is 282 g/mol. The first-order valence-corrected chi connectivity index (χ1v) is 6.77. The second-order valence-electron chi connectivity index (χ2n) is 4.69. The monoisotopic (exact) mass is 299 g/mol. The van der Waals surface area contributed by atoms with E-state index < -0.39 is 5.97 Å². The molecule has 0 aliphatic rings. The molecule has 0 bridgehead atoms. The minimum atomic E-state index is -0.504. The lowest BCUT2D eigenvalue weighted by Crippen LogP contribution is -2.21. The number of rotatable bonds is 5. The van der Waals surface area contributed by atoms with E-state index in [1.165, 1.54) is 7.11 Å². The number of carbonyl (C=O) groups excluding carboxylic acids is 2. The number of hydrogen-bond donors (Lipinski definition) is 1. The Hall–Kier alpha value is -2.82. The average molecular weight is 299 g/mol. The molecule has 5 nitrogen and oxygen atoms in total. The third-order valence-electron chi connectivity index (χ3n) is 3.00. The summed E-state index contributed by atoms with van der Waals surface area (Å²) in [6.45, 7) is 1.83. The fraction of sp³-hybridized carbons (Fsp3) is 0.176. The third kappa shape index (κ3) is 4.09. The van der Waals surface area contributed by atoms with E-state index in [-0.39, 0.29) is 12.5 Å². The van der Waals surface area contributed by atoms with Crippen molar-refractivity contribution < 1.29 is 19.1 Å². The van der Waals surface area contributed by atoms with Crippen molar-refractivity contribution in [3.8, 4) is 5.75 Å². The van der Waals surface area contributed by atoms with Crippen LogP contribution in [-0.2, 0) is 9.53 Å². The van der Waals surface area contributed by atoms with Crippen molar-refractivity contribution in [2.24, 2.45) is 0 Å². The number of methoxy groups -OCH3 is 1. The van der Waals surface area contributed by atoms with Crippen LogP contribution < -0.4 is 10.1 Å². The van der Waals surface area contributed by atoms with Crippen molar-refractivity contribution in [1.29, 1.82) is 0 Å². The zero-order chi connectivity index (χ0) is 15.9. The molecule has 114 valence electrons. The standard InChI is InChI=1S/C17H17NO4/c1-12-7-9-13(10-8-12)22-11-16(19)18-15-6-4-3-5-14(15)17(20)21-2/h3-10H,11H2,1-2H3,(H,18,19). The summed E-state index contributed by atoms with van der Waals surface area (Å²) in [5, 5.41) is 2.64. The van der Waals surface area contributed by atoms with Gasteiger partial charge in [0.15, 0.2) is 6.61 Å². The van der Waals surface area contributed by atoms with Gasteiger partial charge in [-0.05, 0) is 31.2 Å². The first-order chi connectivity index (χ1) is 10.6. The molecule has 1 N–H and O–H groups in total. The van der Waals surface area contributed by atoms with E-state index >= 15 is 0 Å². The van der Waals surface area contributed by atoms with Crippen molar-refractivity contribution in [3.05, 3.63) is 59.7 Å². The van der Waals surface area contributed by atoms with Gasteiger partial charge in [-0.2, -0.15) is 0 Å². The van der Waals surface area contributed by atoms with Crippen molar-refractivity contribution >= 4 is 17.6 Å². The summed E-state index contributed by atoms with van der Waals surface area (Å²) in [5.74, 6) is -0.241. The summed E-state index contributed by atoms with van der Waals surface area (Å²) < 4.78 is 10.1. The summed E-state index contributed by atoms with van der Waals surface area (Å²) in [6.07, 6.45) is 0. The summed E-state index contributed by atoms with van der Waals surface area (Å²) in [4.78, 5) is 23.5. The van der Waals surface area contributed by atoms with Gasteiger partial charge in [-0.15, -0.1) is 0 Å². The van der Waals surface area contributed by atoms with Crippen molar-refractivity contribution in [3.63, 3.8) is 0 Å². The van der Waals surface area contributed by atoms with Crippen molar-refractivity contribution in [1.82, 2.24) is 0 Å². The highest BCUT2D eigenvalue weighted by molar-refractivity contribution is 6.01. The molecule has 0 unspecified atom stereocenters. The van der Waals surface area contributed by atoms with Gasteiger partial charge in [0.2, 0.25) is 0 Å². The molecule has 0 saturated carbocycles. The van der Waals surface area contributed by atoms with Gasteiger partial charge in [-0.25, -0.2) is 4.79 Å². The third-order valence-corrected chi connectivity index (χ3v) is 3.00. The molecular formula is C17H17NO4. The number of hydrogen-bond acceptors (Lipinski definition) is 4. The number of benzene rings is 2. The number of para-hydroxylation sites is 1. The summed E-state index contributed by atoms with van der Waals surface area (Å²) in [5.41, 5.74) is 1.81. The van der Waals surface area contributed by atoms with E-state index in [1.807, 2.05) is 19.1 Å². The number of amides is 1. The van der Waals surface area contributed by atoms with Gasteiger partial charge in [-0.1, -0.05) is 29.8 Å². The lowest BCUT2D eigenvalue weighted by Gasteiger charge is -2.10. The highest BCUT2D eigenvalue weighted by Gasteiger charge is 2.13. The molecule has 0 fully saturated rings. The topological polar surface area (TPSA) is 64.6 Å². The summed E-state index contributed by atoms with van der Waals surface area (Å²) in [6, 6.07) is 14.0. The highest BCUT2D eigenvalue weighted by Crippen LogP contribution is 2.16. The Morgan fingerprint density at radius 2 is 1.73 bits per heavy atom. The Kier molecular flexibility index (Phi) is 5.14. The molecule has 0 saturated heterocycles. The molecule has 0 radical (unpaired) electrons. The maximum atomic E-state index is 11.9.